The summed E-state index contributed by atoms with van der Waals surface area (Å²) in [5, 5.41) is 0. The zero-order valence-electron chi connectivity index (χ0n) is 10.4. The van der Waals surface area contributed by atoms with E-state index in [1.54, 1.807) is 20.8 Å². The standard InChI is InChI=1S/C11H18N2O4/c1-11(2,3)17-10(16)13-5-4-12(6-7-14)9(15)8-13/h7H,4-6,8H2,1-3H3. The number of piperazine rings is 1. The van der Waals surface area contributed by atoms with Crippen LogP contribution in [0.15, 0.2) is 0 Å². The Balaban J connectivity index is 2.52. The summed E-state index contributed by atoms with van der Waals surface area (Å²) >= 11 is 0. The molecular formula is C11H18N2O4. The van der Waals surface area contributed by atoms with E-state index in [0.29, 0.717) is 19.4 Å². The van der Waals surface area contributed by atoms with Gasteiger partial charge < -0.3 is 14.4 Å². The predicted molar refractivity (Wildman–Crippen MR) is 60.5 cm³/mol. The van der Waals surface area contributed by atoms with E-state index in [4.69, 9.17) is 4.74 Å². The second-order valence-corrected chi connectivity index (χ2v) is 4.91. The highest BCUT2D eigenvalue weighted by Crippen LogP contribution is 2.12. The second kappa shape index (κ2) is 5.16. The summed E-state index contributed by atoms with van der Waals surface area (Å²) in [7, 11) is 0. The van der Waals surface area contributed by atoms with E-state index in [1.165, 1.54) is 9.80 Å². The van der Waals surface area contributed by atoms with E-state index >= 15 is 0 Å². The zero-order chi connectivity index (χ0) is 13.1. The van der Waals surface area contributed by atoms with Crippen LogP contribution in [0.4, 0.5) is 4.79 Å². The monoisotopic (exact) mass is 242 g/mol. The summed E-state index contributed by atoms with van der Waals surface area (Å²) in [6.45, 7) is 6.15. The highest BCUT2D eigenvalue weighted by molar-refractivity contribution is 5.85. The maximum absolute atomic E-state index is 11.7. The predicted octanol–water partition coefficient (Wildman–Crippen LogP) is 0.265. The van der Waals surface area contributed by atoms with Crippen molar-refractivity contribution in [2.24, 2.45) is 0 Å². The molecule has 0 unspecified atom stereocenters. The van der Waals surface area contributed by atoms with Gasteiger partial charge in [-0.2, -0.15) is 0 Å². The lowest BCUT2D eigenvalue weighted by molar-refractivity contribution is -0.137. The van der Waals surface area contributed by atoms with Crippen LogP contribution in [-0.2, 0) is 14.3 Å². The van der Waals surface area contributed by atoms with Gasteiger partial charge in [-0.3, -0.25) is 9.69 Å². The number of carbonyl (C=O) groups excluding carboxylic acids is 3. The van der Waals surface area contributed by atoms with Crippen molar-refractivity contribution in [2.45, 2.75) is 26.4 Å². The first kappa shape index (κ1) is 13.5. The van der Waals surface area contributed by atoms with E-state index in [0.717, 1.165) is 0 Å². The van der Waals surface area contributed by atoms with Crippen LogP contribution >= 0.6 is 0 Å². The molecule has 17 heavy (non-hydrogen) atoms. The summed E-state index contributed by atoms with van der Waals surface area (Å²) in [5.41, 5.74) is -0.569. The van der Waals surface area contributed by atoms with Gasteiger partial charge in [-0.1, -0.05) is 0 Å². The smallest absolute Gasteiger partial charge is 0.410 e. The summed E-state index contributed by atoms with van der Waals surface area (Å²) < 4.78 is 5.17. The molecule has 6 heteroatoms. The summed E-state index contributed by atoms with van der Waals surface area (Å²) in [5.74, 6) is -0.228. The topological polar surface area (TPSA) is 66.9 Å². The maximum atomic E-state index is 11.7. The van der Waals surface area contributed by atoms with E-state index < -0.39 is 11.7 Å². The first-order valence-electron chi connectivity index (χ1n) is 5.53. The van der Waals surface area contributed by atoms with Crippen molar-refractivity contribution in [1.82, 2.24) is 9.80 Å². The van der Waals surface area contributed by atoms with Crippen LogP contribution in [-0.4, -0.2) is 59.9 Å². The third-order valence-electron chi connectivity index (χ3n) is 2.27. The van der Waals surface area contributed by atoms with Gasteiger partial charge in [0.05, 0.1) is 6.54 Å². The number of amides is 2. The van der Waals surface area contributed by atoms with Gasteiger partial charge >= 0.3 is 6.09 Å². The van der Waals surface area contributed by atoms with Gasteiger partial charge in [-0.15, -0.1) is 0 Å². The highest BCUT2D eigenvalue weighted by Gasteiger charge is 2.29. The minimum atomic E-state index is -0.569. The lowest BCUT2D eigenvalue weighted by Crippen LogP contribution is -2.53. The van der Waals surface area contributed by atoms with Crippen molar-refractivity contribution in [1.29, 1.82) is 0 Å². The Hall–Kier alpha value is -1.59. The van der Waals surface area contributed by atoms with E-state index in [9.17, 15) is 14.4 Å². The number of carbonyl (C=O) groups is 3. The minimum absolute atomic E-state index is 0.0250. The zero-order valence-corrected chi connectivity index (χ0v) is 10.4. The molecule has 1 fully saturated rings. The molecule has 6 nitrogen and oxygen atoms in total. The SMILES string of the molecule is CC(C)(C)OC(=O)N1CCN(CC=O)C(=O)C1. The number of ether oxygens (including phenoxy) is 1. The number of hydrogen-bond acceptors (Lipinski definition) is 4. The van der Waals surface area contributed by atoms with Gasteiger partial charge in [-0.05, 0) is 20.8 Å². The van der Waals surface area contributed by atoms with Gasteiger partial charge in [0.2, 0.25) is 5.91 Å². The summed E-state index contributed by atoms with van der Waals surface area (Å²) in [6.07, 6.45) is 0.192. The molecule has 96 valence electrons. The fraction of sp³-hybridized carbons (Fsp3) is 0.727. The molecular weight excluding hydrogens is 224 g/mol. The average Bonchev–Trinajstić information content (AvgIpc) is 2.18. The van der Waals surface area contributed by atoms with Crippen LogP contribution < -0.4 is 0 Å². The molecule has 0 saturated carbocycles. The van der Waals surface area contributed by atoms with Crippen LogP contribution in [0.2, 0.25) is 0 Å². The second-order valence-electron chi connectivity index (χ2n) is 4.91. The first-order chi connectivity index (χ1) is 7.83. The molecule has 0 aromatic rings. The van der Waals surface area contributed by atoms with Crippen molar-refractivity contribution in [2.75, 3.05) is 26.2 Å². The molecule has 0 aliphatic carbocycles. The fourth-order valence-corrected chi connectivity index (χ4v) is 1.47. The minimum Gasteiger partial charge on any atom is -0.444 e. The highest BCUT2D eigenvalue weighted by atomic mass is 16.6. The van der Waals surface area contributed by atoms with Crippen LogP contribution in [0.1, 0.15) is 20.8 Å². The Bertz CT molecular complexity index is 322. The van der Waals surface area contributed by atoms with Crippen molar-refractivity contribution >= 4 is 18.3 Å². The maximum Gasteiger partial charge on any atom is 0.410 e. The Morgan fingerprint density at radius 3 is 2.53 bits per heavy atom. The van der Waals surface area contributed by atoms with Gasteiger partial charge in [0, 0.05) is 13.1 Å². The van der Waals surface area contributed by atoms with Crippen molar-refractivity contribution in [3.05, 3.63) is 0 Å². The molecule has 1 saturated heterocycles. The normalized spacial score (nSPS) is 17.0. The molecule has 1 aliphatic heterocycles. The average molecular weight is 242 g/mol. The molecule has 0 atom stereocenters. The molecule has 1 rings (SSSR count). The molecule has 1 heterocycles. The van der Waals surface area contributed by atoms with Crippen LogP contribution in [0.5, 0.6) is 0 Å². The lowest BCUT2D eigenvalue weighted by Gasteiger charge is -2.34. The molecule has 1 aliphatic rings. The quantitative estimate of drug-likeness (QED) is 0.652. The van der Waals surface area contributed by atoms with Crippen LogP contribution in [0.3, 0.4) is 0 Å². The number of aldehydes is 1. The van der Waals surface area contributed by atoms with Gasteiger partial charge in [0.15, 0.2) is 0 Å². The van der Waals surface area contributed by atoms with E-state index in [-0.39, 0.29) is 19.0 Å². The molecule has 2 amide bonds. The number of nitrogens with zero attached hydrogens (tertiary/aromatic N) is 2. The van der Waals surface area contributed by atoms with Crippen molar-refractivity contribution < 1.29 is 19.1 Å². The molecule has 0 aromatic heterocycles. The van der Waals surface area contributed by atoms with Crippen LogP contribution in [0.25, 0.3) is 0 Å². The van der Waals surface area contributed by atoms with Crippen molar-refractivity contribution in [3.63, 3.8) is 0 Å². The summed E-state index contributed by atoms with van der Waals surface area (Å²) in [4.78, 5) is 36.4. The van der Waals surface area contributed by atoms with Crippen LogP contribution in [0, 0.1) is 0 Å². The van der Waals surface area contributed by atoms with E-state index in [2.05, 4.69) is 0 Å². The molecule has 0 bridgehead atoms. The fourth-order valence-electron chi connectivity index (χ4n) is 1.47. The number of rotatable bonds is 2. The molecule has 0 aromatic carbocycles. The summed E-state index contributed by atoms with van der Waals surface area (Å²) in [6, 6.07) is 0. The Kier molecular flexibility index (Phi) is 4.09. The largest absolute Gasteiger partial charge is 0.444 e. The van der Waals surface area contributed by atoms with E-state index in [1.807, 2.05) is 0 Å². The number of hydrogen-bond donors (Lipinski definition) is 0. The molecule has 0 N–H and O–H groups in total. The Morgan fingerprint density at radius 2 is 2.06 bits per heavy atom. The third-order valence-corrected chi connectivity index (χ3v) is 2.27. The van der Waals surface area contributed by atoms with Gasteiger partial charge in [0.1, 0.15) is 18.4 Å². The molecule has 0 spiro atoms. The molecule has 0 radical (unpaired) electrons. The lowest BCUT2D eigenvalue weighted by atomic mass is 10.2. The van der Waals surface area contributed by atoms with Gasteiger partial charge in [-0.25, -0.2) is 4.79 Å². The first-order valence-corrected chi connectivity index (χ1v) is 5.53. The van der Waals surface area contributed by atoms with Crippen molar-refractivity contribution in [3.8, 4) is 0 Å². The Morgan fingerprint density at radius 1 is 1.41 bits per heavy atom. The Labute approximate surface area is 101 Å². The third kappa shape index (κ3) is 4.05. The van der Waals surface area contributed by atoms with Gasteiger partial charge in [0.25, 0.3) is 0 Å².